The van der Waals surface area contributed by atoms with E-state index in [0.29, 0.717) is 24.2 Å². The van der Waals surface area contributed by atoms with Crippen LogP contribution in [0.4, 0.5) is 5.95 Å². The molecular formula is C17H19N3O2. The maximum Gasteiger partial charge on any atom is 0.229 e. The highest BCUT2D eigenvalue weighted by Crippen LogP contribution is 2.39. The van der Waals surface area contributed by atoms with Gasteiger partial charge in [-0.05, 0) is 18.4 Å². The number of nitrogens with one attached hydrogen (secondary N) is 1. The van der Waals surface area contributed by atoms with Crippen molar-refractivity contribution in [2.24, 2.45) is 0 Å². The monoisotopic (exact) mass is 297 g/mol. The zero-order valence-electron chi connectivity index (χ0n) is 12.6. The predicted molar refractivity (Wildman–Crippen MR) is 83.7 cm³/mol. The third-order valence-corrected chi connectivity index (χ3v) is 3.80. The van der Waals surface area contributed by atoms with E-state index in [2.05, 4.69) is 15.3 Å². The second kappa shape index (κ2) is 6.56. The normalized spacial score (nSPS) is 14.2. The lowest BCUT2D eigenvalue weighted by molar-refractivity contribution is -0.114. The van der Waals surface area contributed by atoms with Gasteiger partial charge in [-0.25, -0.2) is 9.97 Å². The lowest BCUT2D eigenvalue weighted by atomic mass is 9.82. The summed E-state index contributed by atoms with van der Waals surface area (Å²) in [5.41, 5.74) is 2.01. The highest BCUT2D eigenvalue weighted by molar-refractivity contribution is 5.86. The van der Waals surface area contributed by atoms with Gasteiger partial charge in [0.2, 0.25) is 11.9 Å². The van der Waals surface area contributed by atoms with E-state index in [-0.39, 0.29) is 5.91 Å². The molecule has 0 spiro atoms. The van der Waals surface area contributed by atoms with Crippen LogP contribution in [0.3, 0.4) is 0 Å². The molecule has 0 atom stereocenters. The van der Waals surface area contributed by atoms with Crippen molar-refractivity contribution in [2.75, 3.05) is 5.32 Å². The molecule has 1 aromatic carbocycles. The summed E-state index contributed by atoms with van der Waals surface area (Å²) in [5, 5.41) is 2.63. The first-order valence-electron chi connectivity index (χ1n) is 7.53. The first-order chi connectivity index (χ1) is 10.7. The molecule has 5 heteroatoms. The van der Waals surface area contributed by atoms with E-state index in [4.69, 9.17) is 4.74 Å². The summed E-state index contributed by atoms with van der Waals surface area (Å²) in [6.07, 6.45) is 5.09. The lowest BCUT2D eigenvalue weighted by Gasteiger charge is -2.26. The summed E-state index contributed by atoms with van der Waals surface area (Å²) in [4.78, 5) is 19.8. The fraction of sp³-hybridized carbons (Fsp3) is 0.353. The average molecular weight is 297 g/mol. The van der Waals surface area contributed by atoms with Crippen molar-refractivity contribution in [3.05, 3.63) is 47.8 Å². The Labute approximate surface area is 129 Å². The van der Waals surface area contributed by atoms with Crippen LogP contribution in [0.5, 0.6) is 5.75 Å². The van der Waals surface area contributed by atoms with Crippen LogP contribution < -0.4 is 10.1 Å². The topological polar surface area (TPSA) is 64.1 Å². The Bertz CT molecular complexity index is 654. The zero-order chi connectivity index (χ0) is 15.4. The van der Waals surface area contributed by atoms with Gasteiger partial charge in [-0.2, -0.15) is 0 Å². The Morgan fingerprint density at radius 3 is 2.73 bits per heavy atom. The maximum absolute atomic E-state index is 11.2. The molecule has 0 aliphatic heterocycles. The molecule has 1 aliphatic carbocycles. The van der Waals surface area contributed by atoms with Gasteiger partial charge in [0.05, 0.1) is 11.9 Å². The molecule has 0 radical (unpaired) electrons. The van der Waals surface area contributed by atoms with Gasteiger partial charge in [-0.3, -0.25) is 10.1 Å². The minimum atomic E-state index is -0.169. The second-order valence-electron chi connectivity index (χ2n) is 5.53. The van der Waals surface area contributed by atoms with Gasteiger partial charge in [-0.1, -0.05) is 36.8 Å². The Morgan fingerprint density at radius 1 is 1.32 bits per heavy atom. The number of amides is 1. The summed E-state index contributed by atoms with van der Waals surface area (Å²) < 4.78 is 5.90. The predicted octanol–water partition coefficient (Wildman–Crippen LogP) is 3.28. The molecule has 0 bridgehead atoms. The number of hydrogen-bond acceptors (Lipinski definition) is 4. The number of aromatic nitrogens is 2. The molecular weight excluding hydrogens is 278 g/mol. The molecule has 22 heavy (non-hydrogen) atoms. The van der Waals surface area contributed by atoms with Crippen molar-refractivity contribution in [3.8, 4) is 5.75 Å². The van der Waals surface area contributed by atoms with Crippen LogP contribution in [-0.2, 0) is 11.4 Å². The molecule has 1 N–H and O–H groups in total. The smallest absolute Gasteiger partial charge is 0.229 e. The van der Waals surface area contributed by atoms with Crippen LogP contribution in [-0.4, -0.2) is 15.9 Å². The number of hydrogen-bond donors (Lipinski definition) is 1. The minimum absolute atomic E-state index is 0.169. The third kappa shape index (κ3) is 3.42. The van der Waals surface area contributed by atoms with Crippen molar-refractivity contribution in [2.45, 2.75) is 38.7 Å². The van der Waals surface area contributed by atoms with E-state index in [1.165, 1.54) is 13.3 Å². The van der Waals surface area contributed by atoms with Crippen molar-refractivity contribution >= 4 is 11.9 Å². The molecule has 0 saturated heterocycles. The molecule has 1 heterocycles. The molecule has 1 amide bonds. The highest BCUT2D eigenvalue weighted by atomic mass is 16.5. The van der Waals surface area contributed by atoms with Crippen molar-refractivity contribution in [1.29, 1.82) is 0 Å². The van der Waals surface area contributed by atoms with Crippen molar-refractivity contribution < 1.29 is 9.53 Å². The van der Waals surface area contributed by atoms with E-state index in [9.17, 15) is 4.79 Å². The van der Waals surface area contributed by atoms with Gasteiger partial charge >= 0.3 is 0 Å². The van der Waals surface area contributed by atoms with Crippen LogP contribution in [0.1, 0.15) is 43.4 Å². The summed E-state index contributed by atoms with van der Waals surface area (Å²) in [5.74, 6) is 1.29. The van der Waals surface area contributed by atoms with E-state index in [0.717, 1.165) is 24.1 Å². The molecule has 3 rings (SSSR count). The number of ether oxygens (including phenoxy) is 1. The standard InChI is InChI=1S/C17H19N3O2/c1-12(21)19-17-18-10-15(16(20-17)14-8-5-9-14)22-11-13-6-3-2-4-7-13/h2-4,6-7,10,14H,5,8-9,11H2,1H3,(H,18,19,20,21). The van der Waals surface area contributed by atoms with Crippen LogP contribution in [0.25, 0.3) is 0 Å². The number of anilines is 1. The van der Waals surface area contributed by atoms with Crippen molar-refractivity contribution in [3.63, 3.8) is 0 Å². The van der Waals surface area contributed by atoms with Gasteiger partial charge in [0.1, 0.15) is 6.61 Å². The molecule has 2 aromatic rings. The fourth-order valence-corrected chi connectivity index (χ4v) is 2.42. The van der Waals surface area contributed by atoms with Gasteiger partial charge in [-0.15, -0.1) is 0 Å². The molecule has 5 nitrogen and oxygen atoms in total. The molecule has 1 aliphatic rings. The van der Waals surface area contributed by atoms with E-state index in [1.54, 1.807) is 6.20 Å². The van der Waals surface area contributed by atoms with Crippen LogP contribution in [0, 0.1) is 0 Å². The number of carbonyl (C=O) groups excluding carboxylic acids is 1. The summed E-state index contributed by atoms with van der Waals surface area (Å²) in [6, 6.07) is 10.0. The fourth-order valence-electron chi connectivity index (χ4n) is 2.42. The Morgan fingerprint density at radius 2 is 2.09 bits per heavy atom. The first kappa shape index (κ1) is 14.5. The second-order valence-corrected chi connectivity index (χ2v) is 5.53. The van der Waals surface area contributed by atoms with Crippen LogP contribution >= 0.6 is 0 Å². The Hall–Kier alpha value is -2.43. The number of benzene rings is 1. The van der Waals surface area contributed by atoms with Gasteiger partial charge in [0.25, 0.3) is 0 Å². The SMILES string of the molecule is CC(=O)Nc1ncc(OCc2ccccc2)c(C2CCC2)n1. The van der Waals surface area contributed by atoms with Crippen LogP contribution in [0.15, 0.2) is 36.5 Å². The first-order valence-corrected chi connectivity index (χ1v) is 7.53. The summed E-state index contributed by atoms with van der Waals surface area (Å²) >= 11 is 0. The lowest BCUT2D eigenvalue weighted by Crippen LogP contribution is -2.16. The summed E-state index contributed by atoms with van der Waals surface area (Å²) in [7, 11) is 0. The largest absolute Gasteiger partial charge is 0.485 e. The Kier molecular flexibility index (Phi) is 4.32. The molecule has 1 fully saturated rings. The van der Waals surface area contributed by atoms with E-state index >= 15 is 0 Å². The molecule has 1 saturated carbocycles. The average Bonchev–Trinajstić information content (AvgIpc) is 2.45. The summed E-state index contributed by atoms with van der Waals surface area (Å²) in [6.45, 7) is 1.94. The number of nitrogens with zero attached hydrogens (tertiary/aromatic N) is 2. The molecule has 0 unspecified atom stereocenters. The third-order valence-electron chi connectivity index (χ3n) is 3.80. The van der Waals surface area contributed by atoms with Crippen LogP contribution in [0.2, 0.25) is 0 Å². The minimum Gasteiger partial charge on any atom is -0.485 e. The number of rotatable bonds is 5. The van der Waals surface area contributed by atoms with E-state index in [1.807, 2.05) is 30.3 Å². The van der Waals surface area contributed by atoms with Gasteiger partial charge in [0, 0.05) is 12.8 Å². The highest BCUT2D eigenvalue weighted by Gasteiger charge is 2.25. The quantitative estimate of drug-likeness (QED) is 0.920. The molecule has 1 aromatic heterocycles. The van der Waals surface area contributed by atoms with Gasteiger partial charge < -0.3 is 4.74 Å². The van der Waals surface area contributed by atoms with Crippen molar-refractivity contribution in [1.82, 2.24) is 9.97 Å². The Balaban J connectivity index is 1.78. The zero-order valence-corrected chi connectivity index (χ0v) is 12.6. The van der Waals surface area contributed by atoms with E-state index < -0.39 is 0 Å². The van der Waals surface area contributed by atoms with Gasteiger partial charge in [0.15, 0.2) is 5.75 Å². The molecule has 114 valence electrons. The maximum atomic E-state index is 11.2. The number of carbonyl (C=O) groups is 1.